The van der Waals surface area contributed by atoms with Crippen LogP contribution in [0.4, 0.5) is 10.3 Å². The van der Waals surface area contributed by atoms with Gasteiger partial charge in [0.2, 0.25) is 10.3 Å². The van der Waals surface area contributed by atoms with Crippen molar-refractivity contribution in [3.8, 4) is 0 Å². The number of amides is 1. The lowest BCUT2D eigenvalue weighted by molar-refractivity contribution is 0.103. The molecule has 3 N–H and O–H groups in total. The minimum absolute atomic E-state index is 0.138. The van der Waals surface area contributed by atoms with Gasteiger partial charge in [0.05, 0.1) is 4.88 Å². The molecule has 4 rings (SSSR count). The number of anilines is 2. The smallest absolute Gasteiger partial charge is 0.267 e. The van der Waals surface area contributed by atoms with E-state index in [9.17, 15) is 4.79 Å². The molecule has 0 aliphatic heterocycles. The van der Waals surface area contributed by atoms with Gasteiger partial charge in [0.25, 0.3) is 5.91 Å². The van der Waals surface area contributed by atoms with Crippen molar-refractivity contribution < 1.29 is 4.79 Å². The van der Waals surface area contributed by atoms with E-state index in [1.807, 2.05) is 30.3 Å². The Hall–Kier alpha value is -2.03. The maximum absolute atomic E-state index is 12.5. The molecule has 1 aliphatic rings. The Labute approximate surface area is 172 Å². The zero-order valence-corrected chi connectivity index (χ0v) is 17.4. The van der Waals surface area contributed by atoms with Crippen LogP contribution in [0.5, 0.6) is 0 Å². The van der Waals surface area contributed by atoms with E-state index in [-0.39, 0.29) is 5.91 Å². The number of benzene rings is 1. The topological polar surface area (TPSA) is 78.9 Å². The first-order chi connectivity index (χ1) is 13.8. The number of fused-ring (bicyclic) bond motifs is 1. The van der Waals surface area contributed by atoms with Crippen LogP contribution in [0.3, 0.4) is 0 Å². The second kappa shape index (κ2) is 9.45. The van der Waals surface area contributed by atoms with Crippen molar-refractivity contribution in [3.05, 3.63) is 35.2 Å². The molecule has 0 atom stereocenters. The number of hydrogen-bond acceptors (Lipinski definition) is 7. The molecule has 0 spiro atoms. The molecule has 0 radical (unpaired) electrons. The van der Waals surface area contributed by atoms with E-state index < -0.39 is 0 Å². The maximum Gasteiger partial charge on any atom is 0.267 e. The number of nitrogens with one attached hydrogen (secondary N) is 3. The Morgan fingerprint density at radius 1 is 1.04 bits per heavy atom. The van der Waals surface area contributed by atoms with E-state index in [1.54, 1.807) is 0 Å². The molecule has 28 heavy (non-hydrogen) atoms. The third-order valence-corrected chi connectivity index (χ3v) is 6.87. The molecule has 1 saturated carbocycles. The van der Waals surface area contributed by atoms with Gasteiger partial charge in [-0.1, -0.05) is 48.8 Å². The lowest BCUT2D eigenvalue weighted by atomic mass is 9.95. The summed E-state index contributed by atoms with van der Waals surface area (Å²) in [6, 6.07) is 10.6. The van der Waals surface area contributed by atoms with Crippen molar-refractivity contribution in [1.82, 2.24) is 15.5 Å². The van der Waals surface area contributed by atoms with Crippen LogP contribution in [0.2, 0.25) is 0 Å². The second-order valence-electron chi connectivity index (χ2n) is 7.08. The number of carbonyl (C=O) groups is 1. The van der Waals surface area contributed by atoms with Crippen LogP contribution in [0.25, 0.3) is 10.1 Å². The molecule has 1 fully saturated rings. The number of nitrogens with zero attached hydrogens (tertiary/aromatic N) is 2. The summed E-state index contributed by atoms with van der Waals surface area (Å²) in [5.74, 6) is -0.138. The van der Waals surface area contributed by atoms with Crippen LogP contribution in [-0.2, 0) is 0 Å². The zero-order chi connectivity index (χ0) is 19.2. The van der Waals surface area contributed by atoms with Crippen molar-refractivity contribution in [3.63, 3.8) is 0 Å². The summed E-state index contributed by atoms with van der Waals surface area (Å²) in [5.41, 5.74) is 0. The SMILES string of the molecule is O=C(Nc1nnc(NCCCNC2CCCCC2)s1)c1cc2ccccc2s1. The Morgan fingerprint density at radius 2 is 1.86 bits per heavy atom. The molecule has 2 aromatic heterocycles. The van der Waals surface area contributed by atoms with E-state index >= 15 is 0 Å². The van der Waals surface area contributed by atoms with Gasteiger partial charge in [0.1, 0.15) is 0 Å². The molecule has 148 valence electrons. The van der Waals surface area contributed by atoms with E-state index in [0.717, 1.165) is 34.7 Å². The summed E-state index contributed by atoms with van der Waals surface area (Å²) in [7, 11) is 0. The number of carbonyl (C=O) groups excluding carboxylic acids is 1. The average Bonchev–Trinajstić information content (AvgIpc) is 3.35. The van der Waals surface area contributed by atoms with E-state index in [0.29, 0.717) is 16.1 Å². The highest BCUT2D eigenvalue weighted by atomic mass is 32.1. The highest BCUT2D eigenvalue weighted by molar-refractivity contribution is 7.21. The summed E-state index contributed by atoms with van der Waals surface area (Å²) in [5, 5.41) is 20.3. The van der Waals surface area contributed by atoms with E-state index in [1.165, 1.54) is 54.8 Å². The van der Waals surface area contributed by atoms with Gasteiger partial charge >= 0.3 is 0 Å². The molecule has 0 unspecified atom stereocenters. The van der Waals surface area contributed by atoms with E-state index in [4.69, 9.17) is 0 Å². The number of aromatic nitrogens is 2. The van der Waals surface area contributed by atoms with Gasteiger partial charge < -0.3 is 10.6 Å². The lowest BCUT2D eigenvalue weighted by Gasteiger charge is -2.22. The van der Waals surface area contributed by atoms with E-state index in [2.05, 4.69) is 26.1 Å². The number of rotatable bonds is 8. The average molecular weight is 416 g/mol. The van der Waals surface area contributed by atoms with Crippen LogP contribution in [0.1, 0.15) is 48.2 Å². The molecule has 6 nitrogen and oxygen atoms in total. The fourth-order valence-corrected chi connectivity index (χ4v) is 5.12. The molecule has 8 heteroatoms. The Balaban J connectivity index is 1.21. The molecule has 1 aliphatic carbocycles. The van der Waals surface area contributed by atoms with Gasteiger partial charge in [-0.15, -0.1) is 21.5 Å². The Kier molecular flexibility index (Phi) is 6.51. The highest BCUT2D eigenvalue weighted by Crippen LogP contribution is 2.27. The molecule has 2 heterocycles. The largest absolute Gasteiger partial charge is 0.360 e. The molecular weight excluding hydrogens is 390 g/mol. The van der Waals surface area contributed by atoms with Crippen molar-refractivity contribution >= 4 is 48.9 Å². The Bertz CT molecular complexity index is 883. The third-order valence-electron chi connectivity index (χ3n) is 4.96. The Morgan fingerprint density at radius 3 is 2.71 bits per heavy atom. The molecule has 1 amide bonds. The fourth-order valence-electron chi connectivity index (χ4n) is 3.49. The molecular formula is C20H25N5OS2. The van der Waals surface area contributed by atoms with Crippen molar-refractivity contribution in [2.24, 2.45) is 0 Å². The van der Waals surface area contributed by atoms with Crippen LogP contribution in [0, 0.1) is 0 Å². The summed E-state index contributed by atoms with van der Waals surface area (Å²) in [4.78, 5) is 13.1. The first kappa shape index (κ1) is 19.3. The molecule has 0 bridgehead atoms. The van der Waals surface area contributed by atoms with Crippen molar-refractivity contribution in [2.75, 3.05) is 23.7 Å². The fraction of sp³-hybridized carbons (Fsp3) is 0.450. The monoisotopic (exact) mass is 415 g/mol. The third kappa shape index (κ3) is 5.06. The van der Waals surface area contributed by atoms with Gasteiger partial charge in [0.15, 0.2) is 0 Å². The quantitative estimate of drug-likeness (QED) is 0.464. The second-order valence-corrected chi connectivity index (χ2v) is 9.15. The standard InChI is InChI=1S/C20H25N5OS2/c26-18(17-13-14-7-4-5-10-16(14)27-17)23-20-25-24-19(28-20)22-12-6-11-21-15-8-2-1-3-9-15/h4-5,7,10,13,15,21H,1-3,6,8-9,11-12H2,(H,22,24)(H,23,25,26). The van der Waals surface area contributed by atoms with Crippen molar-refractivity contribution in [1.29, 1.82) is 0 Å². The van der Waals surface area contributed by atoms with Gasteiger partial charge in [-0.3, -0.25) is 10.1 Å². The lowest BCUT2D eigenvalue weighted by Crippen LogP contribution is -2.32. The summed E-state index contributed by atoms with van der Waals surface area (Å²) in [6.45, 7) is 1.87. The maximum atomic E-state index is 12.5. The highest BCUT2D eigenvalue weighted by Gasteiger charge is 2.14. The molecule has 0 saturated heterocycles. The number of thiophene rings is 1. The predicted octanol–water partition coefficient (Wildman–Crippen LogP) is 4.73. The van der Waals surface area contributed by atoms with Crippen molar-refractivity contribution in [2.45, 2.75) is 44.6 Å². The first-order valence-electron chi connectivity index (χ1n) is 9.88. The van der Waals surface area contributed by atoms with Crippen LogP contribution >= 0.6 is 22.7 Å². The molecule has 1 aromatic carbocycles. The minimum Gasteiger partial charge on any atom is -0.360 e. The minimum atomic E-state index is -0.138. The summed E-state index contributed by atoms with van der Waals surface area (Å²) in [6.07, 6.45) is 7.77. The van der Waals surface area contributed by atoms with Gasteiger partial charge in [0, 0.05) is 17.3 Å². The van der Waals surface area contributed by atoms with Crippen LogP contribution < -0.4 is 16.0 Å². The normalized spacial score (nSPS) is 15.0. The summed E-state index contributed by atoms with van der Waals surface area (Å²) < 4.78 is 1.11. The zero-order valence-electron chi connectivity index (χ0n) is 15.7. The van der Waals surface area contributed by atoms with Crippen LogP contribution in [-0.4, -0.2) is 35.2 Å². The molecule has 3 aromatic rings. The van der Waals surface area contributed by atoms with Gasteiger partial charge in [-0.25, -0.2) is 0 Å². The number of hydrogen-bond donors (Lipinski definition) is 3. The van der Waals surface area contributed by atoms with Gasteiger partial charge in [-0.05, 0) is 43.3 Å². The summed E-state index contributed by atoms with van der Waals surface area (Å²) >= 11 is 2.85. The van der Waals surface area contributed by atoms with Crippen LogP contribution in [0.15, 0.2) is 30.3 Å². The first-order valence-corrected chi connectivity index (χ1v) is 11.5. The predicted molar refractivity (Wildman–Crippen MR) is 118 cm³/mol. The van der Waals surface area contributed by atoms with Gasteiger partial charge in [-0.2, -0.15) is 0 Å².